The minimum atomic E-state index is -1.11. The van der Waals surface area contributed by atoms with Crippen molar-refractivity contribution in [3.05, 3.63) is 29.8 Å². The van der Waals surface area contributed by atoms with Crippen LogP contribution in [0.25, 0.3) is 6.08 Å². The Kier molecular flexibility index (Phi) is 4.90. The molecule has 112 valence electrons. The van der Waals surface area contributed by atoms with Crippen molar-refractivity contribution in [1.82, 2.24) is 5.43 Å². The van der Waals surface area contributed by atoms with Crippen molar-refractivity contribution in [1.29, 1.82) is 0 Å². The normalized spacial score (nSPS) is 20.0. The first-order chi connectivity index (χ1) is 10.0. The van der Waals surface area contributed by atoms with Crippen LogP contribution in [0, 0.1) is 5.92 Å². The molecule has 1 aromatic carbocycles. The van der Waals surface area contributed by atoms with Crippen LogP contribution in [-0.4, -0.2) is 29.2 Å². The Hall–Kier alpha value is -1.95. The van der Waals surface area contributed by atoms with Crippen molar-refractivity contribution in [3.63, 3.8) is 0 Å². The van der Waals surface area contributed by atoms with Crippen LogP contribution in [-0.2, 0) is 15.6 Å². The smallest absolute Gasteiger partial charge is 0.240 e. The molecule has 0 bridgehead atoms. The number of nitrogens with one attached hydrogen (secondary N) is 1. The summed E-state index contributed by atoms with van der Waals surface area (Å²) in [7, 11) is 0.465. The average Bonchev–Trinajstić information content (AvgIpc) is 2.45. The number of hydrogen-bond donors (Lipinski definition) is 1. The second kappa shape index (κ2) is 6.67. The maximum atomic E-state index is 11.8. The van der Waals surface area contributed by atoms with E-state index >= 15 is 0 Å². The number of carbonyl (C=O) groups excluding carboxylic acids is 1. The Bertz CT molecular complexity index is 638. The molecule has 1 amide bonds. The minimum Gasteiger partial charge on any atom is -0.496 e. The van der Waals surface area contributed by atoms with Gasteiger partial charge < -0.3 is 4.74 Å². The van der Waals surface area contributed by atoms with E-state index in [1.807, 2.05) is 37.3 Å². The average molecular weight is 306 g/mol. The molecule has 0 saturated heterocycles. The first-order valence-electron chi connectivity index (χ1n) is 6.58. The molecule has 1 aliphatic rings. The molecule has 0 radical (unpaired) electrons. The van der Waals surface area contributed by atoms with Crippen LogP contribution in [0.5, 0.6) is 5.75 Å². The molecule has 2 rings (SSSR count). The van der Waals surface area contributed by atoms with E-state index in [0.29, 0.717) is 17.1 Å². The summed E-state index contributed by atoms with van der Waals surface area (Å²) in [5.74, 6) is 0.639. The van der Waals surface area contributed by atoms with Crippen LogP contribution < -0.4 is 10.2 Å². The molecular weight excluding hydrogens is 288 g/mol. The lowest BCUT2D eigenvalue weighted by Crippen LogP contribution is -2.30. The van der Waals surface area contributed by atoms with Gasteiger partial charge in [0, 0.05) is 29.1 Å². The zero-order chi connectivity index (χ0) is 15.4. The summed E-state index contributed by atoms with van der Waals surface area (Å²) in [4.78, 5) is 11.9. The maximum absolute atomic E-state index is 11.8. The third-order valence-corrected chi connectivity index (χ3v) is 4.26. The Morgan fingerprint density at radius 1 is 1.43 bits per heavy atom. The van der Waals surface area contributed by atoms with E-state index < -0.39 is 10.8 Å². The van der Waals surface area contributed by atoms with Gasteiger partial charge in [0.25, 0.3) is 0 Å². The summed E-state index contributed by atoms with van der Waals surface area (Å²) < 4.78 is 17.2. The van der Waals surface area contributed by atoms with Crippen molar-refractivity contribution in [3.8, 4) is 5.75 Å². The predicted octanol–water partition coefficient (Wildman–Crippen LogP) is 1.96. The van der Waals surface area contributed by atoms with Gasteiger partial charge in [-0.1, -0.05) is 13.0 Å². The van der Waals surface area contributed by atoms with Gasteiger partial charge in [0.1, 0.15) is 5.75 Å². The minimum absolute atomic E-state index is 0.0558. The van der Waals surface area contributed by atoms with Gasteiger partial charge in [-0.25, -0.2) is 5.43 Å². The van der Waals surface area contributed by atoms with Crippen LogP contribution >= 0.6 is 0 Å². The topological polar surface area (TPSA) is 67.8 Å². The monoisotopic (exact) mass is 306 g/mol. The lowest BCUT2D eigenvalue weighted by atomic mass is 9.99. The first-order valence-corrected chi connectivity index (χ1v) is 8.13. The van der Waals surface area contributed by atoms with Gasteiger partial charge in [-0.2, -0.15) is 5.10 Å². The number of benzene rings is 1. The maximum Gasteiger partial charge on any atom is 0.240 e. The van der Waals surface area contributed by atoms with Gasteiger partial charge in [0.05, 0.1) is 23.6 Å². The summed E-state index contributed by atoms with van der Waals surface area (Å²) in [5.41, 5.74) is 4.03. The van der Waals surface area contributed by atoms with Crippen molar-refractivity contribution in [2.24, 2.45) is 11.0 Å². The summed E-state index contributed by atoms with van der Waals surface area (Å²) in [6.07, 6.45) is 5.72. The lowest BCUT2D eigenvalue weighted by molar-refractivity contribution is -0.121. The zero-order valence-corrected chi connectivity index (χ0v) is 13.1. The van der Waals surface area contributed by atoms with E-state index in [4.69, 9.17) is 4.74 Å². The number of methoxy groups -OCH3 is 1. The third kappa shape index (κ3) is 3.58. The SMILES string of the molecule is COc1cccc(S(C)=O)c1C=CC1=NNC(=O)CC1C. The van der Waals surface area contributed by atoms with Crippen molar-refractivity contribution in [2.45, 2.75) is 18.2 Å². The second-order valence-electron chi connectivity index (χ2n) is 4.84. The lowest BCUT2D eigenvalue weighted by Gasteiger charge is -2.16. The van der Waals surface area contributed by atoms with Crippen LogP contribution in [0.15, 0.2) is 34.3 Å². The van der Waals surface area contributed by atoms with E-state index in [-0.39, 0.29) is 11.8 Å². The quantitative estimate of drug-likeness (QED) is 0.924. The van der Waals surface area contributed by atoms with Crippen molar-refractivity contribution in [2.75, 3.05) is 13.4 Å². The van der Waals surface area contributed by atoms with E-state index in [1.54, 1.807) is 13.4 Å². The Balaban J connectivity index is 2.36. The highest BCUT2D eigenvalue weighted by molar-refractivity contribution is 7.84. The highest BCUT2D eigenvalue weighted by atomic mass is 32.2. The molecule has 6 heteroatoms. The van der Waals surface area contributed by atoms with E-state index in [2.05, 4.69) is 10.5 Å². The van der Waals surface area contributed by atoms with Gasteiger partial charge in [0.15, 0.2) is 0 Å². The number of carbonyl (C=O) groups is 1. The Morgan fingerprint density at radius 2 is 2.19 bits per heavy atom. The van der Waals surface area contributed by atoms with Gasteiger partial charge >= 0.3 is 0 Å². The molecular formula is C15H18N2O3S. The molecule has 2 unspecified atom stereocenters. The van der Waals surface area contributed by atoms with Gasteiger partial charge in [-0.3, -0.25) is 9.00 Å². The number of rotatable bonds is 4. The Labute approximate surface area is 126 Å². The molecule has 1 N–H and O–H groups in total. The molecule has 1 aromatic rings. The van der Waals surface area contributed by atoms with E-state index in [1.165, 1.54) is 0 Å². The molecule has 1 aliphatic heterocycles. The number of hydrogen-bond acceptors (Lipinski definition) is 4. The number of ether oxygens (including phenoxy) is 1. The molecule has 0 fully saturated rings. The summed E-state index contributed by atoms with van der Waals surface area (Å²) >= 11 is 0. The number of allylic oxidation sites excluding steroid dienone is 1. The van der Waals surface area contributed by atoms with Gasteiger partial charge in [0.2, 0.25) is 5.91 Å². The number of amides is 1. The summed E-state index contributed by atoms with van der Waals surface area (Å²) in [6, 6.07) is 5.45. The van der Waals surface area contributed by atoms with Crippen LogP contribution in [0.1, 0.15) is 18.9 Å². The molecule has 1 heterocycles. The molecule has 0 aromatic heterocycles. The number of hydrazone groups is 1. The standard InChI is InChI=1S/C15H18N2O3S/c1-10-9-15(18)17-16-12(10)8-7-11-13(20-2)5-4-6-14(11)21(3)19/h4-8,10H,9H2,1-3H3,(H,17,18). The van der Waals surface area contributed by atoms with Gasteiger partial charge in [-0.05, 0) is 24.3 Å². The third-order valence-electron chi connectivity index (χ3n) is 3.28. The fraction of sp³-hybridized carbons (Fsp3) is 0.333. The fourth-order valence-corrected chi connectivity index (χ4v) is 2.90. The summed E-state index contributed by atoms with van der Waals surface area (Å²) in [5, 5.41) is 4.05. The molecule has 0 spiro atoms. The van der Waals surface area contributed by atoms with Crippen LogP contribution in [0.4, 0.5) is 0 Å². The number of nitrogens with zero attached hydrogens (tertiary/aromatic N) is 1. The predicted molar refractivity (Wildman–Crippen MR) is 83.7 cm³/mol. The molecule has 5 nitrogen and oxygen atoms in total. The first kappa shape index (κ1) is 15.4. The van der Waals surface area contributed by atoms with Crippen molar-refractivity contribution >= 4 is 28.5 Å². The molecule has 0 saturated carbocycles. The van der Waals surface area contributed by atoms with E-state index in [0.717, 1.165) is 11.3 Å². The second-order valence-corrected chi connectivity index (χ2v) is 6.18. The summed E-state index contributed by atoms with van der Waals surface area (Å²) in [6.45, 7) is 1.95. The highest BCUT2D eigenvalue weighted by Crippen LogP contribution is 2.26. The Morgan fingerprint density at radius 3 is 2.81 bits per heavy atom. The van der Waals surface area contributed by atoms with Crippen LogP contribution in [0.3, 0.4) is 0 Å². The van der Waals surface area contributed by atoms with Crippen molar-refractivity contribution < 1.29 is 13.7 Å². The van der Waals surface area contributed by atoms with E-state index in [9.17, 15) is 9.00 Å². The molecule has 2 atom stereocenters. The van der Waals surface area contributed by atoms with Crippen LogP contribution in [0.2, 0.25) is 0 Å². The zero-order valence-electron chi connectivity index (χ0n) is 12.3. The largest absolute Gasteiger partial charge is 0.496 e. The van der Waals surface area contributed by atoms with Gasteiger partial charge in [-0.15, -0.1) is 0 Å². The fourth-order valence-electron chi connectivity index (χ4n) is 2.15. The molecule has 0 aliphatic carbocycles. The highest BCUT2D eigenvalue weighted by Gasteiger charge is 2.18. The molecule has 21 heavy (non-hydrogen) atoms.